The molecule has 5 heteroatoms. The SMILES string of the molecule is COc1ncc(C(C)C)cc1NS(=O)c1ccccc1. The van der Waals surface area contributed by atoms with E-state index in [1.165, 1.54) is 0 Å². The Kier molecular flexibility index (Phi) is 4.74. The van der Waals surface area contributed by atoms with E-state index in [4.69, 9.17) is 4.74 Å². The summed E-state index contributed by atoms with van der Waals surface area (Å²) in [4.78, 5) is 4.96. The van der Waals surface area contributed by atoms with E-state index in [2.05, 4.69) is 23.6 Å². The van der Waals surface area contributed by atoms with Gasteiger partial charge in [0, 0.05) is 6.20 Å². The first-order valence-electron chi connectivity index (χ1n) is 6.39. The van der Waals surface area contributed by atoms with Gasteiger partial charge in [-0.2, -0.15) is 0 Å². The fourth-order valence-electron chi connectivity index (χ4n) is 1.72. The summed E-state index contributed by atoms with van der Waals surface area (Å²) < 4.78 is 20.4. The Hall–Kier alpha value is -1.88. The number of rotatable bonds is 5. The molecule has 2 aromatic rings. The van der Waals surface area contributed by atoms with Crippen molar-refractivity contribution >= 4 is 16.7 Å². The second-order valence-electron chi connectivity index (χ2n) is 4.66. The Morgan fingerprint density at radius 2 is 1.95 bits per heavy atom. The lowest BCUT2D eigenvalue weighted by Crippen LogP contribution is -2.07. The Bertz CT molecular complexity index is 600. The van der Waals surface area contributed by atoms with Gasteiger partial charge in [-0.25, -0.2) is 9.19 Å². The Balaban J connectivity index is 2.28. The quantitative estimate of drug-likeness (QED) is 0.918. The standard InChI is InChI=1S/C15H18N2O2S/c1-11(2)12-9-14(15(19-3)16-10-12)17-20(18)13-7-5-4-6-8-13/h4-11,17H,1-3H3. The molecule has 106 valence electrons. The number of anilines is 1. The summed E-state index contributed by atoms with van der Waals surface area (Å²) >= 11 is 0. The molecule has 4 nitrogen and oxygen atoms in total. The maximum absolute atomic E-state index is 12.3. The molecule has 1 atom stereocenters. The van der Waals surface area contributed by atoms with Gasteiger partial charge in [0.1, 0.15) is 16.7 Å². The minimum absolute atomic E-state index is 0.346. The third-order valence-corrected chi connectivity index (χ3v) is 4.00. The van der Waals surface area contributed by atoms with Crippen molar-refractivity contribution in [1.82, 2.24) is 4.98 Å². The molecule has 1 aromatic heterocycles. The van der Waals surface area contributed by atoms with E-state index in [-0.39, 0.29) is 0 Å². The van der Waals surface area contributed by atoms with E-state index in [0.29, 0.717) is 22.4 Å². The van der Waals surface area contributed by atoms with E-state index < -0.39 is 11.0 Å². The van der Waals surface area contributed by atoms with E-state index in [1.54, 1.807) is 13.3 Å². The molecule has 1 N–H and O–H groups in total. The van der Waals surface area contributed by atoms with Crippen LogP contribution in [0.1, 0.15) is 25.3 Å². The van der Waals surface area contributed by atoms with Gasteiger partial charge in [0.05, 0.1) is 12.0 Å². The average Bonchev–Trinajstić information content (AvgIpc) is 2.48. The molecule has 0 spiro atoms. The number of aromatic nitrogens is 1. The maximum Gasteiger partial charge on any atom is 0.238 e. The average molecular weight is 290 g/mol. The summed E-state index contributed by atoms with van der Waals surface area (Å²) in [7, 11) is 0.212. The molecule has 0 radical (unpaired) electrons. The third kappa shape index (κ3) is 3.36. The first-order chi connectivity index (χ1) is 9.61. The van der Waals surface area contributed by atoms with Gasteiger partial charge in [0.25, 0.3) is 0 Å². The lowest BCUT2D eigenvalue weighted by Gasteiger charge is -2.13. The predicted molar refractivity (Wildman–Crippen MR) is 81.4 cm³/mol. The number of hydrogen-bond acceptors (Lipinski definition) is 3. The first-order valence-corrected chi connectivity index (χ1v) is 7.54. The molecule has 1 aromatic carbocycles. The lowest BCUT2D eigenvalue weighted by atomic mass is 10.1. The number of ether oxygens (including phenoxy) is 1. The van der Waals surface area contributed by atoms with E-state index in [1.807, 2.05) is 36.4 Å². The van der Waals surface area contributed by atoms with Gasteiger partial charge in [0.15, 0.2) is 0 Å². The molecular formula is C15H18N2O2S. The Morgan fingerprint density at radius 3 is 2.55 bits per heavy atom. The molecule has 0 amide bonds. The largest absolute Gasteiger partial charge is 0.480 e. The molecule has 2 rings (SSSR count). The number of benzene rings is 1. The van der Waals surface area contributed by atoms with Gasteiger partial charge >= 0.3 is 0 Å². The van der Waals surface area contributed by atoms with Gasteiger partial charge < -0.3 is 4.74 Å². The second-order valence-corrected chi connectivity index (χ2v) is 5.88. The highest BCUT2D eigenvalue weighted by Gasteiger charge is 2.11. The summed E-state index contributed by atoms with van der Waals surface area (Å²) in [5.41, 5.74) is 1.71. The van der Waals surface area contributed by atoms with Gasteiger partial charge in [-0.15, -0.1) is 0 Å². The monoisotopic (exact) mass is 290 g/mol. The van der Waals surface area contributed by atoms with Crippen molar-refractivity contribution in [2.24, 2.45) is 0 Å². The molecule has 20 heavy (non-hydrogen) atoms. The van der Waals surface area contributed by atoms with Crippen LogP contribution in [0.15, 0.2) is 47.5 Å². The fourth-order valence-corrected chi connectivity index (χ4v) is 2.59. The summed E-state index contributed by atoms with van der Waals surface area (Å²) in [6.45, 7) is 4.17. The molecule has 0 bridgehead atoms. The normalized spacial score (nSPS) is 12.2. The van der Waals surface area contributed by atoms with Crippen LogP contribution < -0.4 is 9.46 Å². The topological polar surface area (TPSA) is 51.2 Å². The third-order valence-electron chi connectivity index (χ3n) is 2.89. The van der Waals surface area contributed by atoms with Crippen LogP contribution in [-0.2, 0) is 11.0 Å². The van der Waals surface area contributed by atoms with Gasteiger partial charge in [-0.3, -0.25) is 4.72 Å². The summed E-state index contributed by atoms with van der Waals surface area (Å²) in [6, 6.07) is 11.2. The summed E-state index contributed by atoms with van der Waals surface area (Å²) in [6.07, 6.45) is 1.78. The van der Waals surface area contributed by atoms with Crippen LogP contribution in [0.3, 0.4) is 0 Å². The first kappa shape index (κ1) is 14.5. The lowest BCUT2D eigenvalue weighted by molar-refractivity contribution is 0.400. The molecule has 1 unspecified atom stereocenters. The zero-order chi connectivity index (χ0) is 14.5. The number of methoxy groups -OCH3 is 1. The zero-order valence-corrected chi connectivity index (χ0v) is 12.6. The second kappa shape index (κ2) is 6.52. The summed E-state index contributed by atoms with van der Waals surface area (Å²) in [5.74, 6) is 0.790. The summed E-state index contributed by atoms with van der Waals surface area (Å²) in [5, 5.41) is 0. The van der Waals surface area contributed by atoms with E-state index in [0.717, 1.165) is 5.56 Å². The zero-order valence-electron chi connectivity index (χ0n) is 11.8. The number of pyridine rings is 1. The smallest absolute Gasteiger partial charge is 0.238 e. The minimum atomic E-state index is -1.34. The molecule has 0 fully saturated rings. The Labute approximate surface area is 121 Å². The van der Waals surface area contributed by atoms with Crippen LogP contribution in [-0.4, -0.2) is 16.3 Å². The van der Waals surface area contributed by atoms with Crippen LogP contribution in [0.4, 0.5) is 5.69 Å². The van der Waals surface area contributed by atoms with Gasteiger partial charge in [0.2, 0.25) is 5.88 Å². The van der Waals surface area contributed by atoms with Gasteiger partial charge in [-0.05, 0) is 29.7 Å². The highest BCUT2D eigenvalue weighted by molar-refractivity contribution is 7.86. The fraction of sp³-hybridized carbons (Fsp3) is 0.267. The molecular weight excluding hydrogens is 272 g/mol. The van der Waals surface area contributed by atoms with E-state index in [9.17, 15) is 4.21 Å². The highest BCUT2D eigenvalue weighted by Crippen LogP contribution is 2.27. The van der Waals surface area contributed by atoms with E-state index >= 15 is 0 Å². The van der Waals surface area contributed by atoms with Crippen molar-refractivity contribution < 1.29 is 8.95 Å². The number of nitrogens with one attached hydrogen (secondary N) is 1. The van der Waals surface area contributed by atoms with Crippen molar-refractivity contribution in [2.75, 3.05) is 11.8 Å². The van der Waals surface area contributed by atoms with Crippen LogP contribution in [0.5, 0.6) is 5.88 Å². The van der Waals surface area contributed by atoms with Crippen LogP contribution >= 0.6 is 0 Å². The maximum atomic E-state index is 12.3. The number of hydrogen-bond donors (Lipinski definition) is 1. The molecule has 0 saturated heterocycles. The molecule has 1 heterocycles. The van der Waals surface area contributed by atoms with Crippen LogP contribution in [0.2, 0.25) is 0 Å². The van der Waals surface area contributed by atoms with Crippen LogP contribution in [0.25, 0.3) is 0 Å². The van der Waals surface area contributed by atoms with Crippen molar-refractivity contribution in [3.05, 3.63) is 48.2 Å². The molecule has 0 aliphatic rings. The van der Waals surface area contributed by atoms with Crippen LogP contribution in [0, 0.1) is 0 Å². The van der Waals surface area contributed by atoms with Gasteiger partial charge in [-0.1, -0.05) is 32.0 Å². The number of nitrogens with zero attached hydrogens (tertiary/aromatic N) is 1. The molecule has 0 saturated carbocycles. The molecule has 0 aliphatic carbocycles. The molecule has 0 aliphatic heterocycles. The highest BCUT2D eigenvalue weighted by atomic mass is 32.2. The van der Waals surface area contributed by atoms with Crippen molar-refractivity contribution in [2.45, 2.75) is 24.7 Å². The van der Waals surface area contributed by atoms with Crippen molar-refractivity contribution in [3.63, 3.8) is 0 Å². The van der Waals surface area contributed by atoms with Crippen molar-refractivity contribution in [1.29, 1.82) is 0 Å². The Morgan fingerprint density at radius 1 is 1.25 bits per heavy atom. The van der Waals surface area contributed by atoms with Crippen molar-refractivity contribution in [3.8, 4) is 5.88 Å². The minimum Gasteiger partial charge on any atom is -0.480 e. The predicted octanol–water partition coefficient (Wildman–Crippen LogP) is 3.35.